The predicted octanol–water partition coefficient (Wildman–Crippen LogP) is 4.69. The second kappa shape index (κ2) is 8.73. The van der Waals surface area contributed by atoms with Crippen molar-refractivity contribution >= 4 is 23.0 Å². The zero-order valence-electron chi connectivity index (χ0n) is 17.3. The van der Waals surface area contributed by atoms with E-state index in [-0.39, 0.29) is 11.9 Å². The number of methoxy groups -OCH3 is 3. The fourth-order valence-electron chi connectivity index (χ4n) is 3.07. The Morgan fingerprint density at radius 3 is 2.28 bits per heavy atom. The van der Waals surface area contributed by atoms with E-state index in [0.29, 0.717) is 17.2 Å². The highest BCUT2D eigenvalue weighted by molar-refractivity contribution is 5.92. The van der Waals surface area contributed by atoms with E-state index >= 15 is 0 Å². The van der Waals surface area contributed by atoms with E-state index < -0.39 is 0 Å². The molecule has 0 N–H and O–H groups in total. The van der Waals surface area contributed by atoms with E-state index in [9.17, 15) is 4.79 Å². The van der Waals surface area contributed by atoms with Crippen LogP contribution in [0.15, 0.2) is 53.0 Å². The van der Waals surface area contributed by atoms with Gasteiger partial charge in [-0.2, -0.15) is 0 Å². The second-order valence-electron chi connectivity index (χ2n) is 6.60. The lowest BCUT2D eigenvalue weighted by Crippen LogP contribution is -2.27. The van der Waals surface area contributed by atoms with Crippen LogP contribution in [0.4, 0.5) is 0 Å². The molecule has 0 spiro atoms. The number of hydrogen-bond donors (Lipinski definition) is 0. The summed E-state index contributed by atoms with van der Waals surface area (Å²) in [7, 11) is 6.41. The number of para-hydroxylation sites is 1. The van der Waals surface area contributed by atoms with Crippen LogP contribution in [-0.2, 0) is 4.79 Å². The van der Waals surface area contributed by atoms with Gasteiger partial charge < -0.3 is 23.5 Å². The Balaban J connectivity index is 1.79. The number of benzene rings is 2. The highest BCUT2D eigenvalue weighted by Crippen LogP contribution is 2.38. The van der Waals surface area contributed by atoms with Gasteiger partial charge >= 0.3 is 0 Å². The van der Waals surface area contributed by atoms with Crippen molar-refractivity contribution in [1.82, 2.24) is 4.90 Å². The van der Waals surface area contributed by atoms with Crippen molar-refractivity contribution in [3.63, 3.8) is 0 Å². The molecular weight excluding hydrogens is 370 g/mol. The van der Waals surface area contributed by atoms with Gasteiger partial charge in [-0.15, -0.1) is 0 Å². The Bertz CT molecular complexity index is 979. The summed E-state index contributed by atoms with van der Waals surface area (Å²) in [4.78, 5) is 14.3. The Labute approximate surface area is 170 Å². The van der Waals surface area contributed by atoms with Gasteiger partial charge in [-0.1, -0.05) is 18.2 Å². The summed E-state index contributed by atoms with van der Waals surface area (Å²) in [5.41, 5.74) is 1.57. The van der Waals surface area contributed by atoms with Crippen molar-refractivity contribution in [1.29, 1.82) is 0 Å². The molecule has 3 aromatic rings. The van der Waals surface area contributed by atoms with Gasteiger partial charge in [-0.3, -0.25) is 4.79 Å². The van der Waals surface area contributed by atoms with Crippen LogP contribution in [0.5, 0.6) is 17.2 Å². The molecule has 152 valence electrons. The molecule has 1 unspecified atom stereocenters. The monoisotopic (exact) mass is 395 g/mol. The Kier molecular flexibility index (Phi) is 6.12. The Morgan fingerprint density at radius 1 is 1.03 bits per heavy atom. The number of amides is 1. The third kappa shape index (κ3) is 4.21. The van der Waals surface area contributed by atoms with Gasteiger partial charge in [-0.05, 0) is 42.8 Å². The van der Waals surface area contributed by atoms with Crippen LogP contribution in [-0.4, -0.2) is 39.2 Å². The first-order chi connectivity index (χ1) is 14.0. The van der Waals surface area contributed by atoms with Crippen molar-refractivity contribution in [2.24, 2.45) is 0 Å². The lowest BCUT2D eigenvalue weighted by Gasteiger charge is -2.21. The number of ether oxygens (including phenoxy) is 3. The third-order valence-corrected chi connectivity index (χ3v) is 4.89. The van der Waals surface area contributed by atoms with Gasteiger partial charge in [0.05, 0.1) is 27.4 Å². The molecule has 0 fully saturated rings. The summed E-state index contributed by atoms with van der Waals surface area (Å²) in [6.45, 7) is 1.93. The van der Waals surface area contributed by atoms with E-state index in [2.05, 4.69) is 0 Å². The molecular formula is C23H25NO5. The average Bonchev–Trinajstić information content (AvgIpc) is 3.19. The molecule has 0 saturated carbocycles. The number of carbonyl (C=O) groups is 1. The van der Waals surface area contributed by atoms with Gasteiger partial charge in [0.15, 0.2) is 11.5 Å². The molecule has 1 atom stereocenters. The molecule has 3 rings (SSSR count). The minimum atomic E-state index is -0.209. The Hall–Kier alpha value is -3.41. The van der Waals surface area contributed by atoms with E-state index in [1.54, 1.807) is 51.5 Å². The normalized spacial score (nSPS) is 12.2. The van der Waals surface area contributed by atoms with Crippen molar-refractivity contribution < 1.29 is 23.4 Å². The molecule has 0 radical (unpaired) electrons. The van der Waals surface area contributed by atoms with Crippen LogP contribution in [0.3, 0.4) is 0 Å². The minimum Gasteiger partial charge on any atom is -0.493 e. The summed E-state index contributed by atoms with van der Waals surface area (Å²) < 4.78 is 21.9. The summed E-state index contributed by atoms with van der Waals surface area (Å²) in [6, 6.07) is 13.1. The number of furan rings is 1. The molecule has 29 heavy (non-hydrogen) atoms. The summed E-state index contributed by atoms with van der Waals surface area (Å²) in [6.07, 6.45) is 3.23. The topological polar surface area (TPSA) is 61.1 Å². The number of rotatable bonds is 7. The van der Waals surface area contributed by atoms with Crippen molar-refractivity contribution in [3.8, 4) is 17.2 Å². The van der Waals surface area contributed by atoms with Crippen LogP contribution in [0, 0.1) is 0 Å². The molecule has 0 aliphatic carbocycles. The van der Waals surface area contributed by atoms with Gasteiger partial charge in [0.1, 0.15) is 11.3 Å². The molecule has 0 aliphatic rings. The first-order valence-corrected chi connectivity index (χ1v) is 9.21. The number of fused-ring (bicyclic) bond motifs is 1. The number of hydrogen-bond acceptors (Lipinski definition) is 5. The number of likely N-dealkylation sites (N-methyl/N-ethyl adjacent to an activating group) is 1. The molecule has 1 aromatic heterocycles. The maximum absolute atomic E-state index is 12.7. The first kappa shape index (κ1) is 20.3. The zero-order chi connectivity index (χ0) is 21.0. The van der Waals surface area contributed by atoms with Gasteiger partial charge in [0.2, 0.25) is 11.7 Å². The van der Waals surface area contributed by atoms with E-state index in [0.717, 1.165) is 22.3 Å². The molecule has 2 aromatic carbocycles. The highest BCUT2D eigenvalue weighted by Gasteiger charge is 2.19. The number of nitrogens with zero attached hydrogens (tertiary/aromatic N) is 1. The molecule has 0 aliphatic heterocycles. The van der Waals surface area contributed by atoms with Gasteiger partial charge in [0, 0.05) is 18.5 Å². The minimum absolute atomic E-state index is 0.147. The molecule has 0 bridgehead atoms. The fraction of sp³-hybridized carbons (Fsp3) is 0.261. The standard InChI is InChI=1S/C23H25NO5/c1-15(19-14-17-8-6-7-9-18(17)29-19)24(2)22(25)11-10-16-12-20(26-3)23(28-5)21(13-16)27-4/h6-15H,1-5H3. The quantitative estimate of drug-likeness (QED) is 0.543. The fourth-order valence-corrected chi connectivity index (χ4v) is 3.07. The van der Waals surface area contributed by atoms with Crippen LogP contribution >= 0.6 is 0 Å². The van der Waals surface area contributed by atoms with Crippen molar-refractivity contribution in [2.45, 2.75) is 13.0 Å². The summed E-state index contributed by atoms with van der Waals surface area (Å²) in [5, 5.41) is 1.02. The van der Waals surface area contributed by atoms with E-state index in [4.69, 9.17) is 18.6 Å². The highest BCUT2D eigenvalue weighted by atomic mass is 16.5. The lowest BCUT2D eigenvalue weighted by atomic mass is 10.1. The van der Waals surface area contributed by atoms with Gasteiger partial charge in [-0.25, -0.2) is 0 Å². The maximum Gasteiger partial charge on any atom is 0.246 e. The predicted molar refractivity (Wildman–Crippen MR) is 113 cm³/mol. The van der Waals surface area contributed by atoms with E-state index in [1.807, 2.05) is 37.3 Å². The number of carbonyl (C=O) groups excluding carboxylic acids is 1. The SMILES string of the molecule is COc1cc(C=CC(=O)N(C)C(C)c2cc3ccccc3o2)cc(OC)c1OC. The van der Waals surface area contributed by atoms with Crippen LogP contribution < -0.4 is 14.2 Å². The van der Waals surface area contributed by atoms with Crippen LogP contribution in [0.1, 0.15) is 24.3 Å². The van der Waals surface area contributed by atoms with Crippen LogP contribution in [0.2, 0.25) is 0 Å². The molecule has 6 nitrogen and oxygen atoms in total. The second-order valence-corrected chi connectivity index (χ2v) is 6.60. The molecule has 0 saturated heterocycles. The average molecular weight is 395 g/mol. The maximum atomic E-state index is 12.7. The van der Waals surface area contributed by atoms with E-state index in [1.165, 1.54) is 6.08 Å². The Morgan fingerprint density at radius 2 is 1.69 bits per heavy atom. The lowest BCUT2D eigenvalue weighted by molar-refractivity contribution is -0.126. The molecule has 1 amide bonds. The van der Waals surface area contributed by atoms with Crippen LogP contribution in [0.25, 0.3) is 17.0 Å². The smallest absolute Gasteiger partial charge is 0.246 e. The zero-order valence-corrected chi connectivity index (χ0v) is 17.3. The summed E-state index contributed by atoms with van der Waals surface area (Å²) in [5.74, 6) is 2.16. The largest absolute Gasteiger partial charge is 0.493 e. The molecule has 1 heterocycles. The molecule has 6 heteroatoms. The summed E-state index contributed by atoms with van der Waals surface area (Å²) >= 11 is 0. The first-order valence-electron chi connectivity index (χ1n) is 9.21. The van der Waals surface area contributed by atoms with Crippen molar-refractivity contribution in [3.05, 3.63) is 59.9 Å². The third-order valence-electron chi connectivity index (χ3n) is 4.89. The van der Waals surface area contributed by atoms with Crippen molar-refractivity contribution in [2.75, 3.05) is 28.4 Å². The van der Waals surface area contributed by atoms with Gasteiger partial charge in [0.25, 0.3) is 0 Å².